The first-order chi connectivity index (χ1) is 17.5. The minimum absolute atomic E-state index is 0.0231. The molecule has 1 saturated carbocycles. The maximum atomic E-state index is 14.5. The molecule has 0 bridgehead atoms. The average molecular weight is 543 g/mol. The molecule has 3 heterocycles. The van der Waals surface area contributed by atoms with E-state index in [1.807, 2.05) is 0 Å². The molecule has 2 aliphatic rings. The smallest absolute Gasteiger partial charge is 0.433 e. The molecule has 0 N–H and O–H groups in total. The van der Waals surface area contributed by atoms with Gasteiger partial charge in [-0.3, -0.25) is 9.59 Å². The molecule has 0 atom stereocenters. The lowest BCUT2D eigenvalue weighted by Gasteiger charge is -2.34. The van der Waals surface area contributed by atoms with E-state index in [9.17, 15) is 31.5 Å². The van der Waals surface area contributed by atoms with Gasteiger partial charge in [0.05, 0.1) is 23.3 Å². The molecular formula is C24H20ClF5N4O3. The van der Waals surface area contributed by atoms with Gasteiger partial charge in [-0.1, -0.05) is 18.0 Å². The first-order valence-electron chi connectivity index (χ1n) is 11.4. The number of piperazine rings is 1. The van der Waals surface area contributed by atoms with E-state index < -0.39 is 47.6 Å². The van der Waals surface area contributed by atoms with Gasteiger partial charge < -0.3 is 14.5 Å². The fourth-order valence-electron chi connectivity index (χ4n) is 4.59. The van der Waals surface area contributed by atoms with Gasteiger partial charge in [-0.25, -0.2) is 8.91 Å². The summed E-state index contributed by atoms with van der Waals surface area (Å²) in [7, 11) is 1.17. The van der Waals surface area contributed by atoms with Crippen molar-refractivity contribution in [2.75, 3.05) is 31.6 Å². The molecule has 1 saturated heterocycles. The first-order valence-corrected chi connectivity index (χ1v) is 11.8. The minimum Gasteiger partial charge on any atom is -0.494 e. The van der Waals surface area contributed by atoms with Crippen LogP contribution in [0.2, 0.25) is 5.02 Å². The van der Waals surface area contributed by atoms with E-state index in [1.165, 1.54) is 25.3 Å². The van der Waals surface area contributed by atoms with Crippen LogP contribution in [0.3, 0.4) is 0 Å². The lowest BCUT2D eigenvalue weighted by Crippen LogP contribution is -2.52. The van der Waals surface area contributed by atoms with Crippen molar-refractivity contribution in [3.63, 3.8) is 0 Å². The number of hydrogen-bond donors (Lipinski definition) is 0. The monoisotopic (exact) mass is 542 g/mol. The topological polar surface area (TPSA) is 67.2 Å². The highest BCUT2D eigenvalue weighted by Gasteiger charge is 2.38. The predicted molar refractivity (Wildman–Crippen MR) is 123 cm³/mol. The number of ether oxygens (including phenoxy) is 1. The van der Waals surface area contributed by atoms with E-state index in [-0.39, 0.29) is 41.0 Å². The highest BCUT2D eigenvalue weighted by molar-refractivity contribution is 6.36. The van der Waals surface area contributed by atoms with Crippen LogP contribution in [0.5, 0.6) is 5.75 Å². The number of fused-ring (bicyclic) bond motifs is 1. The Balaban J connectivity index is 1.44. The number of anilines is 1. The van der Waals surface area contributed by atoms with Crippen molar-refractivity contribution in [2.24, 2.45) is 0 Å². The van der Waals surface area contributed by atoms with Crippen LogP contribution in [0, 0.1) is 11.6 Å². The van der Waals surface area contributed by atoms with E-state index in [4.69, 9.17) is 16.3 Å². The number of benzene rings is 1. The van der Waals surface area contributed by atoms with Crippen molar-refractivity contribution in [3.8, 4) is 5.75 Å². The number of carbonyl (C=O) groups is 2. The third-order valence-corrected chi connectivity index (χ3v) is 7.18. The lowest BCUT2D eigenvalue weighted by atomic mass is 9.80. The first kappa shape index (κ1) is 25.2. The molecule has 0 spiro atoms. The third kappa shape index (κ3) is 4.26. The summed E-state index contributed by atoms with van der Waals surface area (Å²) in [6.45, 7) is -0.825. The van der Waals surface area contributed by atoms with Gasteiger partial charge in [-0.05, 0) is 48.6 Å². The number of aromatic nitrogens is 2. The van der Waals surface area contributed by atoms with Crippen LogP contribution in [0.1, 0.15) is 46.9 Å². The van der Waals surface area contributed by atoms with Crippen LogP contribution in [-0.2, 0) is 11.0 Å². The predicted octanol–water partition coefficient (Wildman–Crippen LogP) is 5.05. The van der Waals surface area contributed by atoms with Crippen LogP contribution >= 0.6 is 11.6 Å². The molecule has 2 aromatic heterocycles. The van der Waals surface area contributed by atoms with Crippen molar-refractivity contribution in [1.29, 1.82) is 0 Å². The number of alkyl halides is 3. The van der Waals surface area contributed by atoms with Gasteiger partial charge in [0, 0.05) is 13.1 Å². The van der Waals surface area contributed by atoms with Gasteiger partial charge in [0.1, 0.15) is 12.2 Å². The molecule has 0 radical (unpaired) electrons. The number of rotatable bonds is 4. The SMILES string of the molecule is COc1ccc(N2CCN(C(=O)c3nn4c(C(F)(F)F)cc(C5CCC5)cc4c3Cl)CC2=O)c(F)c1F. The molecular weight excluding hydrogens is 523 g/mol. The number of methoxy groups -OCH3 is 1. The molecule has 5 rings (SSSR count). The van der Waals surface area contributed by atoms with E-state index in [1.54, 1.807) is 0 Å². The normalized spacial score (nSPS) is 16.9. The third-order valence-electron chi connectivity index (χ3n) is 6.81. The Morgan fingerprint density at radius 3 is 2.46 bits per heavy atom. The van der Waals surface area contributed by atoms with Crippen molar-refractivity contribution in [1.82, 2.24) is 14.5 Å². The van der Waals surface area contributed by atoms with Gasteiger partial charge in [0.2, 0.25) is 11.7 Å². The van der Waals surface area contributed by atoms with Gasteiger partial charge in [0.15, 0.2) is 17.3 Å². The highest BCUT2D eigenvalue weighted by Crippen LogP contribution is 2.41. The zero-order valence-corrected chi connectivity index (χ0v) is 20.2. The zero-order chi connectivity index (χ0) is 26.6. The number of halogens is 6. The van der Waals surface area contributed by atoms with Crippen molar-refractivity contribution in [2.45, 2.75) is 31.4 Å². The summed E-state index contributed by atoms with van der Waals surface area (Å²) in [5, 5.41) is 3.62. The molecule has 37 heavy (non-hydrogen) atoms. The molecule has 3 aromatic rings. The summed E-state index contributed by atoms with van der Waals surface area (Å²) in [6.07, 6.45) is -2.31. The van der Waals surface area contributed by atoms with E-state index in [2.05, 4.69) is 5.10 Å². The average Bonchev–Trinajstić information content (AvgIpc) is 3.14. The molecule has 1 aliphatic heterocycles. The maximum absolute atomic E-state index is 14.5. The Labute approximate surface area is 212 Å². The summed E-state index contributed by atoms with van der Waals surface area (Å²) >= 11 is 6.36. The number of nitrogens with zero attached hydrogens (tertiary/aromatic N) is 4. The summed E-state index contributed by atoms with van der Waals surface area (Å²) in [5.74, 6) is -4.46. The second-order valence-corrected chi connectivity index (χ2v) is 9.32. The zero-order valence-electron chi connectivity index (χ0n) is 19.4. The standard InChI is InChI=1S/C24H20ClF5N4O3/c1-37-16-6-5-14(20(26)21(16)27)33-8-7-32(11-18(33)35)23(36)22-19(25)15-9-13(12-3-2-4-12)10-17(24(28,29)30)34(15)31-22/h5-6,9-10,12H,2-4,7-8,11H2,1H3. The van der Waals surface area contributed by atoms with E-state index >= 15 is 0 Å². The number of pyridine rings is 1. The van der Waals surface area contributed by atoms with E-state index in [0.29, 0.717) is 10.1 Å². The summed E-state index contributed by atoms with van der Waals surface area (Å²) < 4.78 is 75.4. The summed E-state index contributed by atoms with van der Waals surface area (Å²) in [6, 6.07) is 4.89. The Morgan fingerprint density at radius 1 is 1.14 bits per heavy atom. The molecule has 1 aliphatic carbocycles. The van der Waals surface area contributed by atoms with Crippen molar-refractivity contribution >= 4 is 34.6 Å². The lowest BCUT2D eigenvalue weighted by molar-refractivity contribution is -0.142. The van der Waals surface area contributed by atoms with Crippen LogP contribution in [0.25, 0.3) is 5.52 Å². The number of amides is 2. The minimum atomic E-state index is -4.74. The maximum Gasteiger partial charge on any atom is 0.433 e. The second kappa shape index (κ2) is 9.16. The molecule has 1 aromatic carbocycles. The second-order valence-electron chi connectivity index (χ2n) is 8.95. The van der Waals surface area contributed by atoms with Crippen LogP contribution in [0.4, 0.5) is 27.6 Å². The van der Waals surface area contributed by atoms with Gasteiger partial charge in [-0.15, -0.1) is 0 Å². The Morgan fingerprint density at radius 2 is 1.86 bits per heavy atom. The highest BCUT2D eigenvalue weighted by atomic mass is 35.5. The Hall–Kier alpha value is -3.41. The number of hydrogen-bond acceptors (Lipinski definition) is 4. The Bertz CT molecular complexity index is 1420. The van der Waals surface area contributed by atoms with Gasteiger partial charge >= 0.3 is 6.18 Å². The summed E-state index contributed by atoms with van der Waals surface area (Å²) in [4.78, 5) is 28.0. The van der Waals surface area contributed by atoms with Crippen LogP contribution in [0.15, 0.2) is 24.3 Å². The largest absolute Gasteiger partial charge is 0.494 e. The molecule has 13 heteroatoms. The van der Waals surface area contributed by atoms with E-state index in [0.717, 1.165) is 35.1 Å². The quantitative estimate of drug-likeness (QED) is 0.433. The number of carbonyl (C=O) groups excluding carboxylic acids is 2. The molecule has 2 fully saturated rings. The molecule has 7 nitrogen and oxygen atoms in total. The molecule has 196 valence electrons. The Kier molecular flexibility index (Phi) is 6.25. The summed E-state index contributed by atoms with van der Waals surface area (Å²) in [5.41, 5.74) is -1.38. The van der Waals surface area contributed by atoms with Gasteiger partial charge in [0.25, 0.3) is 5.91 Å². The fraction of sp³-hybridized carbons (Fsp3) is 0.375. The van der Waals surface area contributed by atoms with Crippen LogP contribution < -0.4 is 9.64 Å². The van der Waals surface area contributed by atoms with Crippen molar-refractivity contribution in [3.05, 3.63) is 57.9 Å². The van der Waals surface area contributed by atoms with Gasteiger partial charge in [-0.2, -0.15) is 22.7 Å². The van der Waals surface area contributed by atoms with Crippen LogP contribution in [-0.4, -0.2) is 53.1 Å². The fourth-order valence-corrected chi connectivity index (χ4v) is 4.85. The molecule has 2 amide bonds. The van der Waals surface area contributed by atoms with Crippen molar-refractivity contribution < 1.29 is 36.3 Å². The molecule has 0 unspecified atom stereocenters.